The van der Waals surface area contributed by atoms with Crippen molar-refractivity contribution in [2.24, 2.45) is 10.7 Å². The fraction of sp³-hybridized carbons (Fsp3) is 0.750. The maximum absolute atomic E-state index is 9.52. The number of thiazole rings is 1. The van der Waals surface area contributed by atoms with E-state index in [2.05, 4.69) is 24.7 Å². The Balaban J connectivity index is 1.34. The van der Waals surface area contributed by atoms with Gasteiger partial charge in [0.05, 0.1) is 6.10 Å². The first kappa shape index (κ1) is 17.4. The minimum atomic E-state index is -0.0991. The second kappa shape index (κ2) is 8.64. The number of nitrogens with zero attached hydrogens (tertiary/aromatic N) is 5. The molecule has 2 aliphatic heterocycles. The molecule has 0 aromatic carbocycles. The minimum absolute atomic E-state index is 0.0991. The third-order valence-corrected chi connectivity index (χ3v) is 5.59. The van der Waals surface area contributed by atoms with Gasteiger partial charge in [-0.2, -0.15) is 0 Å². The number of rotatable bonds is 5. The number of aliphatic hydroxyl groups excluding tert-OH is 1. The number of aliphatic hydroxyl groups is 1. The highest BCUT2D eigenvalue weighted by molar-refractivity contribution is 7.13. The van der Waals surface area contributed by atoms with Crippen molar-refractivity contribution in [3.8, 4) is 0 Å². The summed E-state index contributed by atoms with van der Waals surface area (Å²) in [7, 11) is 0. The van der Waals surface area contributed by atoms with E-state index in [1.54, 1.807) is 11.3 Å². The van der Waals surface area contributed by atoms with Crippen LogP contribution < -0.4 is 10.6 Å². The number of likely N-dealkylation sites (tertiary alicyclic amines) is 1. The number of anilines is 1. The molecule has 2 fully saturated rings. The lowest BCUT2D eigenvalue weighted by Crippen LogP contribution is -2.51. The van der Waals surface area contributed by atoms with Gasteiger partial charge < -0.3 is 25.5 Å². The minimum Gasteiger partial charge on any atom is -0.393 e. The van der Waals surface area contributed by atoms with Crippen LogP contribution in [0.25, 0.3) is 0 Å². The molecular weight excluding hydrogens is 324 g/mol. The van der Waals surface area contributed by atoms with Crippen LogP contribution in [-0.4, -0.2) is 84.3 Å². The zero-order chi connectivity index (χ0) is 16.8. The summed E-state index contributed by atoms with van der Waals surface area (Å²) in [6.45, 7) is 7.51. The molecule has 134 valence electrons. The summed E-state index contributed by atoms with van der Waals surface area (Å²) in [6, 6.07) is 0. The summed E-state index contributed by atoms with van der Waals surface area (Å²) in [4.78, 5) is 15.8. The number of aromatic nitrogens is 1. The number of hydrogen-bond acceptors (Lipinski definition) is 6. The summed E-state index contributed by atoms with van der Waals surface area (Å²) in [5, 5.41) is 12.6. The number of guanidine groups is 1. The van der Waals surface area contributed by atoms with Crippen LogP contribution in [0.1, 0.15) is 19.3 Å². The van der Waals surface area contributed by atoms with Crippen LogP contribution in [0.5, 0.6) is 0 Å². The molecule has 3 heterocycles. The smallest absolute Gasteiger partial charge is 0.191 e. The molecule has 0 amide bonds. The molecule has 7 nitrogen and oxygen atoms in total. The van der Waals surface area contributed by atoms with Gasteiger partial charge in [-0.1, -0.05) is 0 Å². The molecule has 3 rings (SSSR count). The van der Waals surface area contributed by atoms with E-state index in [0.717, 1.165) is 76.8 Å². The maximum atomic E-state index is 9.52. The van der Waals surface area contributed by atoms with Gasteiger partial charge in [0.25, 0.3) is 0 Å². The van der Waals surface area contributed by atoms with Crippen molar-refractivity contribution in [3.05, 3.63) is 11.6 Å². The molecule has 0 bridgehead atoms. The number of nitrogens with two attached hydrogens (primary N) is 1. The van der Waals surface area contributed by atoms with Crippen LogP contribution in [0.4, 0.5) is 5.13 Å². The zero-order valence-corrected chi connectivity index (χ0v) is 15.0. The van der Waals surface area contributed by atoms with E-state index in [4.69, 9.17) is 5.73 Å². The average Bonchev–Trinajstić information content (AvgIpc) is 3.15. The highest BCUT2D eigenvalue weighted by Crippen LogP contribution is 2.18. The highest BCUT2D eigenvalue weighted by Gasteiger charge is 2.20. The molecule has 8 heteroatoms. The van der Waals surface area contributed by atoms with E-state index >= 15 is 0 Å². The average molecular weight is 353 g/mol. The number of aliphatic imine (C=N–C) groups is 1. The summed E-state index contributed by atoms with van der Waals surface area (Å²) < 4.78 is 0. The molecule has 0 atom stereocenters. The maximum Gasteiger partial charge on any atom is 0.191 e. The molecule has 3 N–H and O–H groups in total. The lowest BCUT2D eigenvalue weighted by atomic mass is 10.1. The Morgan fingerprint density at radius 3 is 2.67 bits per heavy atom. The summed E-state index contributed by atoms with van der Waals surface area (Å²) in [6.07, 6.45) is 4.57. The summed E-state index contributed by atoms with van der Waals surface area (Å²) in [5.41, 5.74) is 6.15. The molecule has 0 spiro atoms. The summed E-state index contributed by atoms with van der Waals surface area (Å²) in [5.74, 6) is 0.669. The van der Waals surface area contributed by atoms with Crippen LogP contribution >= 0.6 is 11.3 Å². The molecule has 0 aliphatic carbocycles. The molecule has 0 radical (unpaired) electrons. The largest absolute Gasteiger partial charge is 0.393 e. The van der Waals surface area contributed by atoms with Crippen molar-refractivity contribution in [3.63, 3.8) is 0 Å². The van der Waals surface area contributed by atoms with Gasteiger partial charge in [-0.25, -0.2) is 4.98 Å². The molecule has 2 saturated heterocycles. The standard InChI is InChI=1S/C16H28N6OS/c17-15(18-4-1-6-20-7-2-14(23)3-8-20)21-9-11-22(12-10-21)16-19-5-13-24-16/h5,13-14,23H,1-4,6-12H2,(H2,17,18). The molecule has 0 unspecified atom stereocenters. The monoisotopic (exact) mass is 352 g/mol. The SMILES string of the molecule is NC(=NCCCN1CCC(O)CC1)N1CCN(c2nccs2)CC1. The van der Waals surface area contributed by atoms with E-state index < -0.39 is 0 Å². The van der Waals surface area contributed by atoms with E-state index in [0.29, 0.717) is 5.96 Å². The van der Waals surface area contributed by atoms with Gasteiger partial charge in [-0.3, -0.25) is 4.99 Å². The van der Waals surface area contributed by atoms with E-state index in [1.165, 1.54) is 0 Å². The molecule has 1 aromatic rings. The van der Waals surface area contributed by atoms with Gasteiger partial charge >= 0.3 is 0 Å². The second-order valence-corrected chi connectivity index (χ2v) is 7.33. The Morgan fingerprint density at radius 2 is 2.00 bits per heavy atom. The predicted molar refractivity (Wildman–Crippen MR) is 98.7 cm³/mol. The van der Waals surface area contributed by atoms with Crippen molar-refractivity contribution in [2.75, 3.05) is 57.3 Å². The van der Waals surface area contributed by atoms with Crippen LogP contribution in [-0.2, 0) is 0 Å². The van der Waals surface area contributed by atoms with Gasteiger partial charge in [-0.15, -0.1) is 11.3 Å². The zero-order valence-electron chi connectivity index (χ0n) is 14.2. The number of piperazine rings is 1. The molecule has 2 aliphatic rings. The lowest BCUT2D eigenvalue weighted by Gasteiger charge is -2.35. The Labute approximate surface area is 147 Å². The molecule has 0 saturated carbocycles. The van der Waals surface area contributed by atoms with Crippen molar-refractivity contribution < 1.29 is 5.11 Å². The fourth-order valence-electron chi connectivity index (χ4n) is 3.23. The highest BCUT2D eigenvalue weighted by atomic mass is 32.1. The quantitative estimate of drug-likeness (QED) is 0.454. The lowest BCUT2D eigenvalue weighted by molar-refractivity contribution is 0.0824. The Bertz CT molecular complexity index is 507. The van der Waals surface area contributed by atoms with Crippen molar-refractivity contribution in [1.82, 2.24) is 14.8 Å². The van der Waals surface area contributed by atoms with Gasteiger partial charge in [-0.05, 0) is 25.8 Å². The predicted octanol–water partition coefficient (Wildman–Crippen LogP) is 0.427. The molecular formula is C16H28N6OS. The van der Waals surface area contributed by atoms with Crippen LogP contribution in [0, 0.1) is 0 Å². The number of hydrogen-bond donors (Lipinski definition) is 2. The van der Waals surface area contributed by atoms with Crippen LogP contribution in [0.2, 0.25) is 0 Å². The first-order chi connectivity index (χ1) is 11.7. The molecule has 24 heavy (non-hydrogen) atoms. The van der Waals surface area contributed by atoms with Gasteiger partial charge in [0.2, 0.25) is 0 Å². The third kappa shape index (κ3) is 4.81. The van der Waals surface area contributed by atoms with Gasteiger partial charge in [0, 0.05) is 57.4 Å². The Kier molecular flexibility index (Phi) is 6.28. The number of piperidine rings is 1. The first-order valence-corrected chi connectivity index (χ1v) is 9.70. The van der Waals surface area contributed by atoms with Crippen LogP contribution in [0.15, 0.2) is 16.6 Å². The molecule has 1 aromatic heterocycles. The van der Waals surface area contributed by atoms with Gasteiger partial charge in [0.1, 0.15) is 0 Å². The van der Waals surface area contributed by atoms with Crippen LogP contribution in [0.3, 0.4) is 0 Å². The van der Waals surface area contributed by atoms with Crippen molar-refractivity contribution in [2.45, 2.75) is 25.4 Å². The van der Waals surface area contributed by atoms with E-state index in [1.807, 2.05) is 11.6 Å². The summed E-state index contributed by atoms with van der Waals surface area (Å²) >= 11 is 1.68. The topological polar surface area (TPSA) is 81.2 Å². The normalized spacial score (nSPS) is 21.5. The van der Waals surface area contributed by atoms with Gasteiger partial charge in [0.15, 0.2) is 11.1 Å². The Morgan fingerprint density at radius 1 is 1.25 bits per heavy atom. The van der Waals surface area contributed by atoms with Crippen molar-refractivity contribution in [1.29, 1.82) is 0 Å². The Hall–Kier alpha value is -1.38. The third-order valence-electron chi connectivity index (χ3n) is 4.76. The second-order valence-electron chi connectivity index (χ2n) is 6.46. The van der Waals surface area contributed by atoms with E-state index in [-0.39, 0.29) is 6.10 Å². The van der Waals surface area contributed by atoms with E-state index in [9.17, 15) is 5.11 Å². The fourth-order valence-corrected chi connectivity index (χ4v) is 3.93. The first-order valence-electron chi connectivity index (χ1n) is 8.82. The van der Waals surface area contributed by atoms with Crippen molar-refractivity contribution >= 4 is 22.4 Å².